The first-order chi connectivity index (χ1) is 8.26. The second kappa shape index (κ2) is 8.13. The normalized spacial score (nSPS) is 12.6. The van der Waals surface area contributed by atoms with E-state index < -0.39 is 0 Å². The summed E-state index contributed by atoms with van der Waals surface area (Å²) in [5.41, 5.74) is 1.23. The topological polar surface area (TPSA) is 32.3 Å². The van der Waals surface area contributed by atoms with Gasteiger partial charge >= 0.3 is 0 Å². The van der Waals surface area contributed by atoms with E-state index in [4.69, 9.17) is 0 Å². The maximum atomic E-state index is 9.41. The minimum absolute atomic E-state index is 0.371. The zero-order chi connectivity index (χ0) is 12.5. The molecule has 1 atom stereocenters. The summed E-state index contributed by atoms with van der Waals surface area (Å²) in [6.07, 6.45) is 5.83. The van der Waals surface area contributed by atoms with Crippen LogP contribution in [0.1, 0.15) is 45.1 Å². The molecule has 17 heavy (non-hydrogen) atoms. The molecule has 0 saturated carbocycles. The molecule has 0 heterocycles. The van der Waals surface area contributed by atoms with Crippen LogP contribution in [0.25, 0.3) is 0 Å². The molecule has 0 spiro atoms. The zero-order valence-corrected chi connectivity index (χ0v) is 11.1. The molecule has 0 aliphatic heterocycles. The molecule has 0 bridgehead atoms. The number of nitrogens with one attached hydrogen (secondary N) is 1. The van der Waals surface area contributed by atoms with Crippen molar-refractivity contribution in [3.63, 3.8) is 0 Å². The molecule has 2 N–H and O–H groups in total. The highest BCUT2D eigenvalue weighted by molar-refractivity contribution is 5.27. The second-order valence-corrected chi connectivity index (χ2v) is 4.65. The standard InChI is InChI=1S/C15H25NO/c1-3-6-14(16-11-4-2)10-9-13-7-5-8-15(17)12-13/h5,7-8,12,14,16-17H,3-4,6,9-11H2,1-2H3. The van der Waals surface area contributed by atoms with Gasteiger partial charge in [-0.15, -0.1) is 0 Å². The Hall–Kier alpha value is -1.02. The Kier molecular flexibility index (Phi) is 6.71. The number of aryl methyl sites for hydroxylation is 1. The molecular formula is C15H25NO. The van der Waals surface area contributed by atoms with Gasteiger partial charge in [-0.1, -0.05) is 32.4 Å². The predicted molar refractivity (Wildman–Crippen MR) is 73.4 cm³/mol. The van der Waals surface area contributed by atoms with Crippen molar-refractivity contribution in [1.82, 2.24) is 5.32 Å². The fourth-order valence-corrected chi connectivity index (χ4v) is 2.10. The molecule has 0 aliphatic carbocycles. The number of benzene rings is 1. The average molecular weight is 235 g/mol. The largest absolute Gasteiger partial charge is 0.508 e. The smallest absolute Gasteiger partial charge is 0.115 e. The van der Waals surface area contributed by atoms with Gasteiger partial charge in [-0.05, 0) is 49.9 Å². The van der Waals surface area contributed by atoms with Crippen molar-refractivity contribution in [3.05, 3.63) is 29.8 Å². The molecule has 96 valence electrons. The fourth-order valence-electron chi connectivity index (χ4n) is 2.10. The van der Waals surface area contributed by atoms with Gasteiger partial charge in [-0.2, -0.15) is 0 Å². The van der Waals surface area contributed by atoms with Crippen LogP contribution < -0.4 is 5.32 Å². The molecule has 0 fully saturated rings. The predicted octanol–water partition coefficient (Wildman–Crippen LogP) is 3.49. The van der Waals surface area contributed by atoms with Crippen LogP contribution in [0.15, 0.2) is 24.3 Å². The molecule has 0 saturated heterocycles. The van der Waals surface area contributed by atoms with E-state index in [1.54, 1.807) is 6.07 Å². The number of aromatic hydroxyl groups is 1. The SMILES string of the molecule is CCCNC(CCC)CCc1cccc(O)c1. The highest BCUT2D eigenvalue weighted by Crippen LogP contribution is 2.14. The molecule has 1 rings (SSSR count). The van der Waals surface area contributed by atoms with Crippen LogP contribution in [0, 0.1) is 0 Å². The van der Waals surface area contributed by atoms with Crippen LogP contribution in [0.3, 0.4) is 0 Å². The highest BCUT2D eigenvalue weighted by atomic mass is 16.3. The molecule has 1 aromatic carbocycles. The van der Waals surface area contributed by atoms with E-state index in [1.165, 1.54) is 24.8 Å². The van der Waals surface area contributed by atoms with Crippen LogP contribution in [0.2, 0.25) is 0 Å². The summed E-state index contributed by atoms with van der Waals surface area (Å²) in [6, 6.07) is 8.20. The average Bonchev–Trinajstić information content (AvgIpc) is 2.33. The lowest BCUT2D eigenvalue weighted by Crippen LogP contribution is -2.30. The first kappa shape index (κ1) is 14.0. The highest BCUT2D eigenvalue weighted by Gasteiger charge is 2.06. The van der Waals surface area contributed by atoms with E-state index in [2.05, 4.69) is 25.2 Å². The fraction of sp³-hybridized carbons (Fsp3) is 0.600. The van der Waals surface area contributed by atoms with Crippen LogP contribution in [-0.4, -0.2) is 17.7 Å². The van der Waals surface area contributed by atoms with Crippen molar-refractivity contribution in [1.29, 1.82) is 0 Å². The summed E-state index contributed by atoms with van der Waals surface area (Å²) in [5, 5.41) is 13.0. The lowest BCUT2D eigenvalue weighted by Gasteiger charge is -2.17. The molecule has 1 aromatic rings. The van der Waals surface area contributed by atoms with E-state index in [0.29, 0.717) is 11.8 Å². The van der Waals surface area contributed by atoms with Crippen LogP contribution in [0.5, 0.6) is 5.75 Å². The second-order valence-electron chi connectivity index (χ2n) is 4.65. The minimum atomic E-state index is 0.371. The van der Waals surface area contributed by atoms with Crippen molar-refractivity contribution in [2.75, 3.05) is 6.54 Å². The number of phenols is 1. The van der Waals surface area contributed by atoms with Crippen LogP contribution in [-0.2, 0) is 6.42 Å². The van der Waals surface area contributed by atoms with Gasteiger partial charge < -0.3 is 10.4 Å². The molecule has 1 unspecified atom stereocenters. The van der Waals surface area contributed by atoms with Gasteiger partial charge in [-0.3, -0.25) is 0 Å². The molecular weight excluding hydrogens is 210 g/mol. The van der Waals surface area contributed by atoms with Crippen molar-refractivity contribution in [2.24, 2.45) is 0 Å². The Labute approximate surface area is 105 Å². The van der Waals surface area contributed by atoms with E-state index in [0.717, 1.165) is 19.4 Å². The zero-order valence-electron chi connectivity index (χ0n) is 11.1. The first-order valence-electron chi connectivity index (χ1n) is 6.77. The Balaban J connectivity index is 2.39. The molecule has 2 nitrogen and oxygen atoms in total. The van der Waals surface area contributed by atoms with Gasteiger partial charge in [0.05, 0.1) is 0 Å². The van der Waals surface area contributed by atoms with Gasteiger partial charge in [0.15, 0.2) is 0 Å². The van der Waals surface area contributed by atoms with Crippen molar-refractivity contribution in [2.45, 2.75) is 52.0 Å². The Morgan fingerprint density at radius 2 is 2.00 bits per heavy atom. The monoisotopic (exact) mass is 235 g/mol. The van der Waals surface area contributed by atoms with E-state index >= 15 is 0 Å². The maximum absolute atomic E-state index is 9.41. The van der Waals surface area contributed by atoms with Gasteiger partial charge in [0.1, 0.15) is 5.75 Å². The van der Waals surface area contributed by atoms with Gasteiger partial charge in [0.2, 0.25) is 0 Å². The Morgan fingerprint density at radius 1 is 1.18 bits per heavy atom. The van der Waals surface area contributed by atoms with E-state index in [-0.39, 0.29) is 0 Å². The Morgan fingerprint density at radius 3 is 2.65 bits per heavy atom. The summed E-state index contributed by atoms with van der Waals surface area (Å²) < 4.78 is 0. The van der Waals surface area contributed by atoms with E-state index in [1.807, 2.05) is 12.1 Å². The van der Waals surface area contributed by atoms with Crippen LogP contribution >= 0.6 is 0 Å². The molecule has 0 amide bonds. The Bertz CT molecular complexity index is 312. The maximum Gasteiger partial charge on any atom is 0.115 e. The number of hydrogen-bond donors (Lipinski definition) is 2. The quantitative estimate of drug-likeness (QED) is 0.723. The molecule has 0 radical (unpaired) electrons. The third-order valence-electron chi connectivity index (χ3n) is 3.01. The number of rotatable bonds is 8. The van der Waals surface area contributed by atoms with Crippen molar-refractivity contribution >= 4 is 0 Å². The van der Waals surface area contributed by atoms with Crippen molar-refractivity contribution in [3.8, 4) is 5.75 Å². The van der Waals surface area contributed by atoms with Gasteiger partial charge in [-0.25, -0.2) is 0 Å². The lowest BCUT2D eigenvalue weighted by molar-refractivity contribution is 0.447. The van der Waals surface area contributed by atoms with E-state index in [9.17, 15) is 5.11 Å². The number of hydrogen-bond acceptors (Lipinski definition) is 2. The van der Waals surface area contributed by atoms with Crippen LogP contribution in [0.4, 0.5) is 0 Å². The van der Waals surface area contributed by atoms with Gasteiger partial charge in [0, 0.05) is 6.04 Å². The molecule has 0 aromatic heterocycles. The van der Waals surface area contributed by atoms with Gasteiger partial charge in [0.25, 0.3) is 0 Å². The number of phenolic OH excluding ortho intramolecular Hbond substituents is 1. The molecule has 0 aliphatic rings. The summed E-state index contributed by atoms with van der Waals surface area (Å²) in [6.45, 7) is 5.53. The minimum Gasteiger partial charge on any atom is -0.508 e. The molecule has 2 heteroatoms. The first-order valence-corrected chi connectivity index (χ1v) is 6.77. The summed E-state index contributed by atoms with van der Waals surface area (Å²) in [5.74, 6) is 0.371. The lowest BCUT2D eigenvalue weighted by atomic mass is 10.0. The third kappa shape index (κ3) is 5.73. The summed E-state index contributed by atoms with van der Waals surface area (Å²) in [4.78, 5) is 0. The summed E-state index contributed by atoms with van der Waals surface area (Å²) >= 11 is 0. The third-order valence-corrected chi connectivity index (χ3v) is 3.01. The summed E-state index contributed by atoms with van der Waals surface area (Å²) in [7, 11) is 0. The van der Waals surface area contributed by atoms with Crippen molar-refractivity contribution < 1.29 is 5.11 Å².